The van der Waals surface area contributed by atoms with E-state index in [2.05, 4.69) is 4.98 Å². The Labute approximate surface area is 167 Å². The molecule has 0 saturated carbocycles. The van der Waals surface area contributed by atoms with Crippen molar-refractivity contribution in [1.82, 2.24) is 9.88 Å². The number of amides is 1. The van der Waals surface area contributed by atoms with Crippen molar-refractivity contribution < 1.29 is 26.4 Å². The zero-order chi connectivity index (χ0) is 21.2. The molecular formula is C20H21F3N2O3S. The summed E-state index contributed by atoms with van der Waals surface area (Å²) in [6, 6.07) is 8.44. The minimum atomic E-state index is -4.56. The van der Waals surface area contributed by atoms with Gasteiger partial charge in [0.05, 0.1) is 17.5 Å². The number of sulfone groups is 1. The number of alkyl halides is 3. The van der Waals surface area contributed by atoms with E-state index < -0.39 is 34.5 Å². The average Bonchev–Trinajstić information content (AvgIpc) is 2.64. The zero-order valence-corrected chi connectivity index (χ0v) is 16.6. The van der Waals surface area contributed by atoms with Crippen LogP contribution in [-0.2, 0) is 22.0 Å². The lowest BCUT2D eigenvalue weighted by atomic mass is 9.90. The molecule has 1 aliphatic rings. The van der Waals surface area contributed by atoms with Gasteiger partial charge in [0.15, 0.2) is 9.84 Å². The molecule has 29 heavy (non-hydrogen) atoms. The zero-order valence-electron chi connectivity index (χ0n) is 15.8. The second kappa shape index (κ2) is 8.14. The van der Waals surface area contributed by atoms with E-state index in [0.29, 0.717) is 30.5 Å². The summed E-state index contributed by atoms with van der Waals surface area (Å²) in [5, 5.41) is 0. The van der Waals surface area contributed by atoms with Crippen LogP contribution in [0.2, 0.25) is 0 Å². The number of halogens is 3. The summed E-state index contributed by atoms with van der Waals surface area (Å²) in [7, 11) is -3.25. The predicted molar refractivity (Wildman–Crippen MR) is 102 cm³/mol. The van der Waals surface area contributed by atoms with Gasteiger partial charge in [0, 0.05) is 18.0 Å². The number of rotatable bonds is 5. The number of nitrogens with zero attached hydrogens (tertiary/aromatic N) is 2. The maximum absolute atomic E-state index is 13.3. The fourth-order valence-corrected chi connectivity index (χ4v) is 4.42. The number of pyridine rings is 1. The first-order valence-corrected chi connectivity index (χ1v) is 11.2. The number of hydrogen-bond donors (Lipinski definition) is 0. The molecule has 1 aromatic carbocycles. The summed E-state index contributed by atoms with van der Waals surface area (Å²) in [6.45, 7) is -1.38. The molecule has 0 radical (unpaired) electrons. The van der Waals surface area contributed by atoms with Crippen LogP contribution in [0.25, 0.3) is 0 Å². The van der Waals surface area contributed by atoms with Crippen molar-refractivity contribution in [2.75, 3.05) is 12.8 Å². The highest BCUT2D eigenvalue weighted by molar-refractivity contribution is 7.89. The van der Waals surface area contributed by atoms with Crippen molar-refractivity contribution in [2.24, 2.45) is 0 Å². The van der Waals surface area contributed by atoms with Crippen molar-refractivity contribution in [3.63, 3.8) is 0 Å². The molecule has 1 aliphatic carbocycles. The normalized spacial score (nSPS) is 16.9. The summed E-state index contributed by atoms with van der Waals surface area (Å²) >= 11 is 0. The molecular weight excluding hydrogens is 405 g/mol. The van der Waals surface area contributed by atoms with Crippen molar-refractivity contribution in [1.29, 1.82) is 0 Å². The maximum atomic E-state index is 13.3. The Balaban J connectivity index is 1.93. The Morgan fingerprint density at radius 1 is 1.21 bits per heavy atom. The molecule has 1 heterocycles. The Kier molecular flexibility index (Phi) is 5.97. The summed E-state index contributed by atoms with van der Waals surface area (Å²) in [5.74, 6) is -0.954. The fourth-order valence-electron chi connectivity index (χ4n) is 3.62. The van der Waals surface area contributed by atoms with Crippen LogP contribution in [0.3, 0.4) is 0 Å². The SMILES string of the molecule is CS(=O)(=O)Cc1ccc(C(=O)N(CC(F)(F)F)C2CCCc3cccnc32)cc1. The molecule has 0 N–H and O–H groups in total. The van der Waals surface area contributed by atoms with Crippen LogP contribution in [0.4, 0.5) is 13.2 Å². The molecule has 2 aromatic rings. The first kappa shape index (κ1) is 21.3. The van der Waals surface area contributed by atoms with E-state index in [4.69, 9.17) is 0 Å². The van der Waals surface area contributed by atoms with Gasteiger partial charge in [-0.2, -0.15) is 13.2 Å². The molecule has 1 unspecified atom stereocenters. The third-order valence-corrected chi connectivity index (χ3v) is 5.64. The van der Waals surface area contributed by atoms with Crippen LogP contribution in [0, 0.1) is 0 Å². The molecule has 0 bridgehead atoms. The van der Waals surface area contributed by atoms with E-state index in [-0.39, 0.29) is 11.3 Å². The van der Waals surface area contributed by atoms with Gasteiger partial charge in [-0.15, -0.1) is 0 Å². The molecule has 156 valence electrons. The lowest BCUT2D eigenvalue weighted by Crippen LogP contribution is -2.43. The van der Waals surface area contributed by atoms with E-state index in [9.17, 15) is 26.4 Å². The number of carbonyl (C=O) groups excluding carboxylic acids is 1. The summed E-state index contributed by atoms with van der Waals surface area (Å²) < 4.78 is 62.6. The van der Waals surface area contributed by atoms with Gasteiger partial charge < -0.3 is 4.90 Å². The summed E-state index contributed by atoms with van der Waals surface area (Å²) in [4.78, 5) is 18.1. The van der Waals surface area contributed by atoms with Gasteiger partial charge in [0.25, 0.3) is 5.91 Å². The topological polar surface area (TPSA) is 67.3 Å². The van der Waals surface area contributed by atoms with E-state index in [1.807, 2.05) is 6.07 Å². The minimum absolute atomic E-state index is 0.0783. The number of carbonyl (C=O) groups is 1. The Morgan fingerprint density at radius 2 is 1.90 bits per heavy atom. The standard InChI is InChI=1S/C20H21F3N2O3S/c1-29(27,28)12-14-7-9-16(10-8-14)19(26)25(13-20(21,22)23)17-6-2-4-15-5-3-11-24-18(15)17/h3,5,7-11,17H,2,4,6,12-13H2,1H3. The Hall–Kier alpha value is -2.42. The first-order valence-electron chi connectivity index (χ1n) is 9.12. The quantitative estimate of drug-likeness (QED) is 0.731. The number of aromatic nitrogens is 1. The molecule has 0 saturated heterocycles. The van der Waals surface area contributed by atoms with Crippen LogP contribution >= 0.6 is 0 Å². The molecule has 5 nitrogen and oxygen atoms in total. The van der Waals surface area contributed by atoms with Crippen LogP contribution < -0.4 is 0 Å². The molecule has 0 fully saturated rings. The van der Waals surface area contributed by atoms with Gasteiger partial charge in [0.2, 0.25) is 0 Å². The van der Waals surface area contributed by atoms with Gasteiger partial charge in [-0.05, 0) is 48.6 Å². The van der Waals surface area contributed by atoms with E-state index in [1.54, 1.807) is 6.07 Å². The molecule has 3 rings (SSSR count). The minimum Gasteiger partial charge on any atom is -0.321 e. The van der Waals surface area contributed by atoms with Crippen LogP contribution in [-0.4, -0.2) is 43.2 Å². The highest BCUT2D eigenvalue weighted by Crippen LogP contribution is 2.35. The van der Waals surface area contributed by atoms with Crippen molar-refractivity contribution >= 4 is 15.7 Å². The van der Waals surface area contributed by atoms with Crippen molar-refractivity contribution in [2.45, 2.75) is 37.2 Å². The highest BCUT2D eigenvalue weighted by Gasteiger charge is 2.39. The number of benzene rings is 1. The third kappa shape index (κ3) is 5.56. The second-order valence-corrected chi connectivity index (χ2v) is 9.41. The smallest absolute Gasteiger partial charge is 0.321 e. The molecule has 0 spiro atoms. The summed E-state index contributed by atoms with van der Waals surface area (Å²) in [6.07, 6.45) is -0.166. The largest absolute Gasteiger partial charge is 0.406 e. The predicted octanol–water partition coefficient (Wildman–Crippen LogP) is 3.71. The molecule has 1 aromatic heterocycles. The van der Waals surface area contributed by atoms with Gasteiger partial charge in [-0.3, -0.25) is 9.78 Å². The van der Waals surface area contributed by atoms with Crippen molar-refractivity contribution in [3.8, 4) is 0 Å². The van der Waals surface area contributed by atoms with Crippen LogP contribution in [0.15, 0.2) is 42.6 Å². The fraction of sp³-hybridized carbons (Fsp3) is 0.400. The first-order chi connectivity index (χ1) is 13.5. The molecule has 1 amide bonds. The van der Waals surface area contributed by atoms with Crippen LogP contribution in [0.5, 0.6) is 0 Å². The summed E-state index contributed by atoms with van der Waals surface area (Å²) in [5.41, 5.74) is 1.91. The van der Waals surface area contributed by atoms with Crippen molar-refractivity contribution in [3.05, 3.63) is 65.0 Å². The Morgan fingerprint density at radius 3 is 2.52 bits per heavy atom. The monoisotopic (exact) mass is 426 g/mol. The van der Waals surface area contributed by atoms with E-state index in [1.165, 1.54) is 30.5 Å². The number of hydrogen-bond acceptors (Lipinski definition) is 4. The lowest BCUT2D eigenvalue weighted by Gasteiger charge is -2.35. The average molecular weight is 426 g/mol. The maximum Gasteiger partial charge on any atom is 0.406 e. The lowest BCUT2D eigenvalue weighted by molar-refractivity contribution is -0.145. The molecule has 1 atom stereocenters. The van der Waals surface area contributed by atoms with E-state index >= 15 is 0 Å². The van der Waals surface area contributed by atoms with Gasteiger partial charge in [-0.25, -0.2) is 8.42 Å². The van der Waals surface area contributed by atoms with Gasteiger partial charge in [-0.1, -0.05) is 18.2 Å². The van der Waals surface area contributed by atoms with E-state index in [0.717, 1.165) is 16.7 Å². The molecule has 0 aliphatic heterocycles. The molecule has 9 heteroatoms. The third-order valence-electron chi connectivity index (χ3n) is 4.78. The van der Waals surface area contributed by atoms with Gasteiger partial charge in [0.1, 0.15) is 6.54 Å². The van der Waals surface area contributed by atoms with Gasteiger partial charge >= 0.3 is 6.18 Å². The number of fused-ring (bicyclic) bond motifs is 1. The van der Waals surface area contributed by atoms with Crippen LogP contribution in [0.1, 0.15) is 46.1 Å². The highest BCUT2D eigenvalue weighted by atomic mass is 32.2. The Bertz CT molecular complexity index is 989. The second-order valence-electron chi connectivity index (χ2n) is 7.27. The number of aryl methyl sites for hydroxylation is 1.